The lowest BCUT2D eigenvalue weighted by Gasteiger charge is -2.36. The molecule has 1 aromatic rings. The second-order valence-corrected chi connectivity index (χ2v) is 3.96. The Balaban J connectivity index is 2.17. The van der Waals surface area contributed by atoms with Gasteiger partial charge in [0.05, 0.1) is 6.54 Å². The highest BCUT2D eigenvalue weighted by atomic mass is 16.5. The summed E-state index contributed by atoms with van der Waals surface area (Å²) in [5, 5.41) is 6.32. The van der Waals surface area contributed by atoms with Gasteiger partial charge in [0.1, 0.15) is 12.1 Å². The molecule has 0 radical (unpaired) electrons. The van der Waals surface area contributed by atoms with Crippen molar-refractivity contribution in [2.45, 2.75) is 38.9 Å². The smallest absolute Gasteiger partial charge is 0.246 e. The quantitative estimate of drug-likeness (QED) is 0.780. The van der Waals surface area contributed by atoms with Gasteiger partial charge in [0, 0.05) is 0 Å². The van der Waals surface area contributed by atoms with E-state index in [0.29, 0.717) is 12.2 Å². The molecule has 17 heavy (non-hydrogen) atoms. The molecule has 2 unspecified atom stereocenters. The summed E-state index contributed by atoms with van der Waals surface area (Å²) in [7, 11) is 0. The Kier molecular flexibility index (Phi) is 3.08. The third-order valence-corrected chi connectivity index (χ3v) is 2.87. The lowest BCUT2D eigenvalue weighted by Crippen LogP contribution is -2.61. The van der Waals surface area contributed by atoms with Gasteiger partial charge < -0.3 is 14.7 Å². The molecular weight excluding hydrogens is 224 g/mol. The van der Waals surface area contributed by atoms with Gasteiger partial charge in [-0.1, -0.05) is 12.1 Å². The summed E-state index contributed by atoms with van der Waals surface area (Å²) < 4.78 is 4.61. The van der Waals surface area contributed by atoms with Gasteiger partial charge >= 0.3 is 0 Å². The van der Waals surface area contributed by atoms with Crippen molar-refractivity contribution in [3.05, 3.63) is 12.2 Å². The van der Waals surface area contributed by atoms with Crippen LogP contribution in [0, 0.1) is 0 Å². The monoisotopic (exact) mass is 238 g/mol. The van der Waals surface area contributed by atoms with Crippen molar-refractivity contribution >= 4 is 11.8 Å². The fraction of sp³-hybridized carbons (Fsp3) is 0.600. The van der Waals surface area contributed by atoms with Gasteiger partial charge in [0.2, 0.25) is 18.2 Å². The van der Waals surface area contributed by atoms with E-state index in [0.717, 1.165) is 0 Å². The Bertz CT molecular complexity index is 417. The van der Waals surface area contributed by atoms with E-state index in [1.165, 1.54) is 11.3 Å². The lowest BCUT2D eigenvalue weighted by molar-refractivity contribution is -0.149. The van der Waals surface area contributed by atoms with Crippen LogP contribution < -0.4 is 5.32 Å². The average molecular weight is 238 g/mol. The molecule has 7 nitrogen and oxygen atoms in total. The minimum atomic E-state index is -0.510. The number of carbonyl (C=O) groups excluding carboxylic acids is 2. The second kappa shape index (κ2) is 4.52. The molecule has 2 amide bonds. The van der Waals surface area contributed by atoms with Crippen LogP contribution in [0.5, 0.6) is 0 Å². The summed E-state index contributed by atoms with van der Waals surface area (Å²) in [5.41, 5.74) is 0. The molecule has 92 valence electrons. The molecule has 1 saturated heterocycles. The van der Waals surface area contributed by atoms with Gasteiger partial charge in [-0.3, -0.25) is 9.59 Å². The van der Waals surface area contributed by atoms with Crippen molar-refractivity contribution in [3.63, 3.8) is 0 Å². The highest BCUT2D eigenvalue weighted by Gasteiger charge is 2.37. The summed E-state index contributed by atoms with van der Waals surface area (Å²) in [5.74, 6) is 0.138. The Morgan fingerprint density at radius 1 is 1.53 bits per heavy atom. The number of carbonyl (C=O) groups is 2. The number of hydrogen-bond donors (Lipinski definition) is 1. The molecule has 0 aromatic carbocycles. The van der Waals surface area contributed by atoms with E-state index in [2.05, 4.69) is 20.0 Å². The van der Waals surface area contributed by atoms with E-state index in [-0.39, 0.29) is 18.4 Å². The van der Waals surface area contributed by atoms with Crippen molar-refractivity contribution < 1.29 is 14.1 Å². The number of nitrogens with zero attached hydrogens (tertiary/aromatic N) is 3. The summed E-state index contributed by atoms with van der Waals surface area (Å²) in [6.07, 6.45) is 1.77. The van der Waals surface area contributed by atoms with E-state index in [1.54, 1.807) is 6.92 Å². The van der Waals surface area contributed by atoms with Crippen molar-refractivity contribution in [3.8, 4) is 0 Å². The van der Waals surface area contributed by atoms with E-state index in [9.17, 15) is 9.59 Å². The molecule has 2 heterocycles. The first-order chi connectivity index (χ1) is 8.13. The van der Waals surface area contributed by atoms with Crippen LogP contribution in [0.3, 0.4) is 0 Å². The fourth-order valence-electron chi connectivity index (χ4n) is 1.79. The van der Waals surface area contributed by atoms with Crippen LogP contribution in [0.25, 0.3) is 0 Å². The number of aromatic nitrogens is 2. The van der Waals surface area contributed by atoms with Gasteiger partial charge in [0.25, 0.3) is 0 Å². The molecule has 0 saturated carbocycles. The van der Waals surface area contributed by atoms with Gasteiger partial charge in [-0.15, -0.1) is 0 Å². The predicted octanol–water partition coefficient (Wildman–Crippen LogP) is -0.305. The molecule has 0 bridgehead atoms. The van der Waals surface area contributed by atoms with Crippen molar-refractivity contribution in [2.24, 2.45) is 0 Å². The number of hydrogen-bond acceptors (Lipinski definition) is 5. The van der Waals surface area contributed by atoms with Crippen LogP contribution in [0.1, 0.15) is 26.1 Å². The minimum absolute atomic E-state index is 0.107. The van der Waals surface area contributed by atoms with Crippen molar-refractivity contribution in [1.29, 1.82) is 0 Å². The summed E-state index contributed by atoms with van der Waals surface area (Å²) in [6, 6.07) is -0.964. The Labute approximate surface area is 98.2 Å². The fourth-order valence-corrected chi connectivity index (χ4v) is 1.79. The zero-order chi connectivity index (χ0) is 12.4. The third kappa shape index (κ3) is 2.13. The topological polar surface area (TPSA) is 88.3 Å². The second-order valence-electron chi connectivity index (χ2n) is 3.96. The molecule has 2 rings (SSSR count). The number of piperazine rings is 1. The summed E-state index contributed by atoms with van der Waals surface area (Å²) in [4.78, 5) is 29.1. The van der Waals surface area contributed by atoms with E-state index in [4.69, 9.17) is 0 Å². The average Bonchev–Trinajstić information content (AvgIpc) is 2.82. The molecule has 1 aromatic heterocycles. The maximum Gasteiger partial charge on any atom is 0.246 e. The Morgan fingerprint density at radius 2 is 2.29 bits per heavy atom. The molecule has 1 aliphatic rings. The lowest BCUT2D eigenvalue weighted by atomic mass is 10.1. The summed E-state index contributed by atoms with van der Waals surface area (Å²) >= 11 is 0. The molecule has 1 N–H and O–H groups in total. The molecule has 2 atom stereocenters. The van der Waals surface area contributed by atoms with E-state index in [1.807, 2.05) is 6.92 Å². The van der Waals surface area contributed by atoms with Gasteiger partial charge in [-0.25, -0.2) is 0 Å². The van der Waals surface area contributed by atoms with Crippen LogP contribution in [-0.4, -0.2) is 38.9 Å². The molecule has 7 heteroatoms. The van der Waals surface area contributed by atoms with Crippen LogP contribution in [0.15, 0.2) is 10.9 Å². The molecular formula is C10H14N4O3. The maximum atomic E-state index is 12.1. The maximum absolute atomic E-state index is 12.1. The largest absolute Gasteiger partial charge is 0.343 e. The number of amides is 2. The van der Waals surface area contributed by atoms with E-state index < -0.39 is 12.1 Å². The first-order valence-corrected chi connectivity index (χ1v) is 5.49. The van der Waals surface area contributed by atoms with Gasteiger partial charge in [0.15, 0.2) is 5.82 Å². The number of nitrogens with one attached hydrogen (secondary N) is 1. The zero-order valence-electron chi connectivity index (χ0n) is 9.71. The predicted molar refractivity (Wildman–Crippen MR) is 56.5 cm³/mol. The van der Waals surface area contributed by atoms with Crippen molar-refractivity contribution in [1.82, 2.24) is 20.4 Å². The third-order valence-electron chi connectivity index (χ3n) is 2.87. The number of rotatable bonds is 3. The molecule has 0 aliphatic carbocycles. The standard InChI is InChI=1S/C10H14N4O3/c1-3-7-10(16)14(6(2)9(15)12-7)4-8-11-5-17-13-8/h5-7H,3-4H2,1-2H3,(H,12,15). The zero-order valence-corrected chi connectivity index (χ0v) is 9.71. The highest BCUT2D eigenvalue weighted by Crippen LogP contribution is 2.14. The van der Waals surface area contributed by atoms with Crippen LogP contribution in [0.4, 0.5) is 0 Å². The highest BCUT2D eigenvalue weighted by molar-refractivity contribution is 5.96. The summed E-state index contributed by atoms with van der Waals surface area (Å²) in [6.45, 7) is 3.73. The van der Waals surface area contributed by atoms with Gasteiger partial charge in [-0.05, 0) is 13.3 Å². The van der Waals surface area contributed by atoms with Crippen molar-refractivity contribution in [2.75, 3.05) is 0 Å². The van der Waals surface area contributed by atoms with Crippen LogP contribution in [-0.2, 0) is 16.1 Å². The molecule has 1 aliphatic heterocycles. The Hall–Kier alpha value is -1.92. The first-order valence-electron chi connectivity index (χ1n) is 5.49. The van der Waals surface area contributed by atoms with E-state index >= 15 is 0 Å². The SMILES string of the molecule is CCC1NC(=O)C(C)N(Cc2ncon2)C1=O. The normalized spacial score (nSPS) is 24.9. The molecule has 0 spiro atoms. The first kappa shape index (κ1) is 11.6. The van der Waals surface area contributed by atoms with Gasteiger partial charge in [-0.2, -0.15) is 4.98 Å². The molecule has 1 fully saturated rings. The van der Waals surface area contributed by atoms with Crippen LogP contribution >= 0.6 is 0 Å². The van der Waals surface area contributed by atoms with Crippen LogP contribution in [0.2, 0.25) is 0 Å². The Morgan fingerprint density at radius 3 is 2.88 bits per heavy atom. The minimum Gasteiger partial charge on any atom is -0.343 e.